The van der Waals surface area contributed by atoms with Gasteiger partial charge in [-0.1, -0.05) is 42.5 Å². The third kappa shape index (κ3) is 4.07. The van der Waals surface area contributed by atoms with Gasteiger partial charge in [0.1, 0.15) is 0 Å². The second-order valence-corrected chi connectivity index (χ2v) is 7.70. The number of amides is 1. The van der Waals surface area contributed by atoms with E-state index in [0.717, 1.165) is 36.3 Å². The van der Waals surface area contributed by atoms with Gasteiger partial charge in [0, 0.05) is 23.4 Å². The molecule has 0 radical (unpaired) electrons. The summed E-state index contributed by atoms with van der Waals surface area (Å²) in [5.74, 6) is 0.0792. The van der Waals surface area contributed by atoms with Crippen LogP contribution in [0.3, 0.4) is 0 Å². The molecule has 0 aromatic heterocycles. The van der Waals surface area contributed by atoms with Gasteiger partial charge in [0.15, 0.2) is 0 Å². The molecule has 0 bridgehead atoms. The van der Waals surface area contributed by atoms with Gasteiger partial charge in [-0.15, -0.1) is 11.8 Å². The number of benzene rings is 2. The summed E-state index contributed by atoms with van der Waals surface area (Å²) in [6.07, 6.45) is 4.68. The molecule has 1 aliphatic rings. The minimum absolute atomic E-state index is 0.0792. The van der Waals surface area contributed by atoms with E-state index in [9.17, 15) is 9.90 Å². The maximum Gasteiger partial charge on any atom is 0.255 e. The largest absolute Gasteiger partial charge is 0.396 e. The minimum atomic E-state index is -0.246. The van der Waals surface area contributed by atoms with Crippen LogP contribution in [0.25, 0.3) is 0 Å². The van der Waals surface area contributed by atoms with Crippen LogP contribution in [0.15, 0.2) is 59.5 Å². The highest BCUT2D eigenvalue weighted by Crippen LogP contribution is 2.34. The zero-order chi connectivity index (χ0) is 17.7. The van der Waals surface area contributed by atoms with Crippen molar-refractivity contribution in [3.05, 3.63) is 65.7 Å². The average molecular weight is 356 g/mol. The monoisotopic (exact) mass is 355 g/mol. The van der Waals surface area contributed by atoms with Gasteiger partial charge < -0.3 is 10.0 Å². The Balaban J connectivity index is 1.80. The van der Waals surface area contributed by atoms with E-state index in [2.05, 4.69) is 12.1 Å². The lowest BCUT2D eigenvalue weighted by Crippen LogP contribution is -2.49. The highest BCUT2D eigenvalue weighted by molar-refractivity contribution is 7.98. The standard InChI is InChI=1S/C21H25NO2S/c1-25-19-11-6-5-10-18(19)20(24)22-13-7-12-21(15-22,16-23)14-17-8-3-2-4-9-17/h2-6,8-11,23H,7,12-16H2,1H3. The molecule has 1 N–H and O–H groups in total. The highest BCUT2D eigenvalue weighted by Gasteiger charge is 2.37. The number of piperidine rings is 1. The first-order valence-corrected chi connectivity index (χ1v) is 9.97. The molecular weight excluding hydrogens is 330 g/mol. The van der Waals surface area contributed by atoms with Crippen LogP contribution in [0.2, 0.25) is 0 Å². The summed E-state index contributed by atoms with van der Waals surface area (Å²) in [7, 11) is 0. The molecular formula is C21H25NO2S. The Labute approximate surface area is 154 Å². The summed E-state index contributed by atoms with van der Waals surface area (Å²) in [4.78, 5) is 16.0. The van der Waals surface area contributed by atoms with Gasteiger partial charge in [0.2, 0.25) is 0 Å². The fourth-order valence-corrected chi connectivity index (χ4v) is 4.32. The fraction of sp³-hybridized carbons (Fsp3) is 0.381. The third-order valence-electron chi connectivity index (χ3n) is 5.04. The number of carbonyl (C=O) groups is 1. The maximum atomic E-state index is 13.1. The predicted octanol–water partition coefficient (Wildman–Crippen LogP) is 3.87. The molecule has 3 rings (SSSR count). The van der Waals surface area contributed by atoms with Crippen LogP contribution in [0.4, 0.5) is 0 Å². The molecule has 4 heteroatoms. The van der Waals surface area contributed by atoms with Crippen LogP contribution < -0.4 is 0 Å². The molecule has 1 saturated heterocycles. The Bertz CT molecular complexity index is 719. The lowest BCUT2D eigenvalue weighted by atomic mass is 9.75. The molecule has 1 heterocycles. The van der Waals surface area contributed by atoms with Crippen LogP contribution in [0.5, 0.6) is 0 Å². The second kappa shape index (κ2) is 8.07. The molecule has 1 aliphatic heterocycles. The summed E-state index contributed by atoms with van der Waals surface area (Å²) in [5, 5.41) is 10.1. The quantitative estimate of drug-likeness (QED) is 0.828. The Hall–Kier alpha value is -1.78. The van der Waals surface area contributed by atoms with E-state index < -0.39 is 0 Å². The highest BCUT2D eigenvalue weighted by atomic mass is 32.2. The summed E-state index contributed by atoms with van der Waals surface area (Å²) < 4.78 is 0. The van der Waals surface area contributed by atoms with Gasteiger partial charge in [-0.25, -0.2) is 0 Å². The van der Waals surface area contributed by atoms with E-state index in [0.29, 0.717) is 6.54 Å². The van der Waals surface area contributed by atoms with Crippen LogP contribution >= 0.6 is 11.8 Å². The number of nitrogens with zero attached hydrogens (tertiary/aromatic N) is 1. The molecule has 0 saturated carbocycles. The van der Waals surface area contributed by atoms with Gasteiger partial charge in [0.25, 0.3) is 5.91 Å². The van der Waals surface area contributed by atoms with E-state index in [-0.39, 0.29) is 17.9 Å². The van der Waals surface area contributed by atoms with Crippen molar-refractivity contribution >= 4 is 17.7 Å². The van der Waals surface area contributed by atoms with Crippen LogP contribution in [0, 0.1) is 5.41 Å². The zero-order valence-electron chi connectivity index (χ0n) is 14.6. The number of likely N-dealkylation sites (tertiary alicyclic amines) is 1. The number of thioether (sulfide) groups is 1. The third-order valence-corrected chi connectivity index (χ3v) is 5.84. The Morgan fingerprint density at radius 1 is 1.16 bits per heavy atom. The second-order valence-electron chi connectivity index (χ2n) is 6.85. The lowest BCUT2D eigenvalue weighted by molar-refractivity contribution is 0.0269. The van der Waals surface area contributed by atoms with Gasteiger partial charge in [-0.2, -0.15) is 0 Å². The number of aliphatic hydroxyl groups excluding tert-OH is 1. The summed E-state index contributed by atoms with van der Waals surface area (Å²) in [6.45, 7) is 1.48. The molecule has 1 fully saturated rings. The van der Waals surface area contributed by atoms with Gasteiger partial charge in [-0.05, 0) is 43.2 Å². The molecule has 1 unspecified atom stereocenters. The van der Waals surface area contributed by atoms with Gasteiger partial charge >= 0.3 is 0 Å². The first-order chi connectivity index (χ1) is 12.2. The van der Waals surface area contributed by atoms with Crippen molar-refractivity contribution in [2.45, 2.75) is 24.2 Å². The van der Waals surface area contributed by atoms with Crippen molar-refractivity contribution in [3.8, 4) is 0 Å². The van der Waals surface area contributed by atoms with E-state index in [1.165, 1.54) is 5.56 Å². The lowest BCUT2D eigenvalue weighted by Gasteiger charge is -2.42. The van der Waals surface area contributed by atoms with Crippen molar-refractivity contribution in [2.24, 2.45) is 5.41 Å². The summed E-state index contributed by atoms with van der Waals surface area (Å²) in [6, 6.07) is 18.0. The Morgan fingerprint density at radius 3 is 2.60 bits per heavy atom. The molecule has 2 aromatic rings. The number of rotatable bonds is 5. The number of hydrogen-bond donors (Lipinski definition) is 1. The number of carbonyl (C=O) groups excluding carboxylic acids is 1. The van der Waals surface area contributed by atoms with Crippen molar-refractivity contribution in [2.75, 3.05) is 26.0 Å². The molecule has 1 atom stereocenters. The van der Waals surface area contributed by atoms with Crippen LogP contribution in [0.1, 0.15) is 28.8 Å². The van der Waals surface area contributed by atoms with Crippen LogP contribution in [-0.4, -0.2) is 41.9 Å². The first-order valence-electron chi connectivity index (χ1n) is 8.74. The molecule has 1 amide bonds. The molecule has 2 aromatic carbocycles. The van der Waals surface area contributed by atoms with Crippen molar-refractivity contribution < 1.29 is 9.90 Å². The van der Waals surface area contributed by atoms with E-state index in [1.54, 1.807) is 11.8 Å². The van der Waals surface area contributed by atoms with Crippen molar-refractivity contribution in [1.29, 1.82) is 0 Å². The Morgan fingerprint density at radius 2 is 1.88 bits per heavy atom. The number of hydrogen-bond acceptors (Lipinski definition) is 3. The van der Waals surface area contributed by atoms with Crippen molar-refractivity contribution in [3.63, 3.8) is 0 Å². The van der Waals surface area contributed by atoms with E-state index >= 15 is 0 Å². The van der Waals surface area contributed by atoms with E-state index in [4.69, 9.17) is 0 Å². The summed E-state index contributed by atoms with van der Waals surface area (Å²) >= 11 is 1.60. The zero-order valence-corrected chi connectivity index (χ0v) is 15.5. The molecule has 0 spiro atoms. The molecule has 132 valence electrons. The van der Waals surface area contributed by atoms with Crippen molar-refractivity contribution in [1.82, 2.24) is 4.90 Å². The Kier molecular flexibility index (Phi) is 5.82. The predicted molar refractivity (Wildman–Crippen MR) is 103 cm³/mol. The first kappa shape index (κ1) is 18.0. The van der Waals surface area contributed by atoms with Crippen LogP contribution in [-0.2, 0) is 6.42 Å². The normalized spacial score (nSPS) is 20.5. The number of aliphatic hydroxyl groups is 1. The molecule has 0 aliphatic carbocycles. The maximum absolute atomic E-state index is 13.1. The topological polar surface area (TPSA) is 40.5 Å². The van der Waals surface area contributed by atoms with Gasteiger partial charge in [-0.3, -0.25) is 4.79 Å². The smallest absolute Gasteiger partial charge is 0.255 e. The van der Waals surface area contributed by atoms with E-state index in [1.807, 2.05) is 53.6 Å². The molecule has 25 heavy (non-hydrogen) atoms. The SMILES string of the molecule is CSc1ccccc1C(=O)N1CCCC(CO)(Cc2ccccc2)C1. The average Bonchev–Trinajstić information content (AvgIpc) is 2.68. The molecule has 3 nitrogen and oxygen atoms in total. The van der Waals surface area contributed by atoms with Gasteiger partial charge in [0.05, 0.1) is 12.2 Å². The minimum Gasteiger partial charge on any atom is -0.396 e. The summed E-state index contributed by atoms with van der Waals surface area (Å²) in [5.41, 5.74) is 1.74. The fourth-order valence-electron chi connectivity index (χ4n) is 3.73.